The molecule has 28 heavy (non-hydrogen) atoms. The number of hydrogen-bond acceptors (Lipinski definition) is 4. The quantitative estimate of drug-likeness (QED) is 0.540. The van der Waals surface area contributed by atoms with Crippen LogP contribution in [-0.2, 0) is 0 Å². The van der Waals surface area contributed by atoms with E-state index in [-0.39, 0.29) is 5.92 Å². The maximum absolute atomic E-state index is 12.9. The molecule has 146 valence electrons. The number of allylic oxidation sites excluding steroid dienone is 2. The maximum Gasteiger partial charge on any atom is 0.350 e. The number of fused-ring (bicyclic) bond motifs is 3. The summed E-state index contributed by atoms with van der Waals surface area (Å²) < 4.78 is 6.13. The third-order valence-electron chi connectivity index (χ3n) is 5.65. The average molecular weight is 380 g/mol. The Hall–Kier alpha value is -3.09. The molecular formula is C21H24N4O3. The lowest BCUT2D eigenvalue weighted by atomic mass is 9.76. The van der Waals surface area contributed by atoms with Crippen molar-refractivity contribution in [3.8, 4) is 5.75 Å². The molecule has 3 atom stereocenters. The van der Waals surface area contributed by atoms with Crippen LogP contribution < -0.4 is 16.0 Å². The molecule has 2 aromatic heterocycles. The summed E-state index contributed by atoms with van der Waals surface area (Å²) in [6, 6.07) is 5.40. The fourth-order valence-electron chi connectivity index (χ4n) is 4.27. The van der Waals surface area contributed by atoms with Crippen molar-refractivity contribution in [2.75, 3.05) is 7.11 Å². The number of nitrogens with zero attached hydrogens (tertiary/aromatic N) is 2. The second-order valence-electron chi connectivity index (χ2n) is 7.73. The SMILES string of the molecule is COc1ccc2c(c1)[nH]c1c(=O)n(/N=C/[C@H]3[C@@H](C)C=C(C)C[C@@H]3C)c(=O)[nH]c12. The van der Waals surface area contributed by atoms with E-state index in [9.17, 15) is 9.59 Å². The van der Waals surface area contributed by atoms with Gasteiger partial charge in [-0.15, -0.1) is 4.68 Å². The third-order valence-corrected chi connectivity index (χ3v) is 5.65. The van der Waals surface area contributed by atoms with Crippen LogP contribution in [0.3, 0.4) is 0 Å². The predicted octanol–water partition coefficient (Wildman–Crippen LogP) is 3.25. The Balaban J connectivity index is 1.81. The molecule has 1 aromatic carbocycles. The number of rotatable bonds is 3. The molecule has 1 aliphatic carbocycles. The van der Waals surface area contributed by atoms with Crippen molar-refractivity contribution in [3.63, 3.8) is 0 Å². The van der Waals surface area contributed by atoms with Gasteiger partial charge < -0.3 is 14.7 Å². The number of methoxy groups -OCH3 is 1. The van der Waals surface area contributed by atoms with Gasteiger partial charge in [0.2, 0.25) is 0 Å². The first-order chi connectivity index (χ1) is 13.4. The van der Waals surface area contributed by atoms with Gasteiger partial charge in [0.15, 0.2) is 0 Å². The number of H-pyrrole nitrogens is 2. The fraction of sp³-hybridized carbons (Fsp3) is 0.381. The zero-order valence-corrected chi connectivity index (χ0v) is 16.4. The van der Waals surface area contributed by atoms with Gasteiger partial charge >= 0.3 is 11.2 Å². The van der Waals surface area contributed by atoms with Crippen molar-refractivity contribution in [3.05, 3.63) is 50.7 Å². The molecule has 2 N–H and O–H groups in total. The fourth-order valence-corrected chi connectivity index (χ4v) is 4.27. The smallest absolute Gasteiger partial charge is 0.350 e. The third kappa shape index (κ3) is 2.96. The first kappa shape index (κ1) is 18.3. The highest BCUT2D eigenvalue weighted by Crippen LogP contribution is 2.32. The van der Waals surface area contributed by atoms with E-state index in [2.05, 4.69) is 41.9 Å². The molecule has 0 saturated heterocycles. The molecule has 1 aliphatic rings. The lowest BCUT2D eigenvalue weighted by Gasteiger charge is -2.29. The molecule has 0 unspecified atom stereocenters. The minimum absolute atomic E-state index is 0.178. The van der Waals surface area contributed by atoms with Crippen LogP contribution in [0.2, 0.25) is 0 Å². The van der Waals surface area contributed by atoms with Gasteiger partial charge in [-0.2, -0.15) is 5.10 Å². The first-order valence-electron chi connectivity index (χ1n) is 9.45. The van der Waals surface area contributed by atoms with Crippen LogP contribution in [0.15, 0.2) is 44.5 Å². The highest BCUT2D eigenvalue weighted by atomic mass is 16.5. The van der Waals surface area contributed by atoms with Gasteiger partial charge in [-0.05, 0) is 37.3 Å². The molecule has 3 aromatic rings. The lowest BCUT2D eigenvalue weighted by molar-refractivity contribution is 0.361. The van der Waals surface area contributed by atoms with Crippen molar-refractivity contribution in [1.29, 1.82) is 0 Å². The zero-order valence-electron chi connectivity index (χ0n) is 16.4. The van der Waals surface area contributed by atoms with Gasteiger partial charge in [-0.3, -0.25) is 4.79 Å². The summed E-state index contributed by atoms with van der Waals surface area (Å²) in [6.07, 6.45) is 4.97. The Morgan fingerprint density at radius 3 is 2.71 bits per heavy atom. The highest BCUT2D eigenvalue weighted by Gasteiger charge is 2.25. The Bertz CT molecular complexity index is 1230. The summed E-state index contributed by atoms with van der Waals surface area (Å²) in [5.41, 5.74) is 1.88. The molecule has 0 spiro atoms. The number of hydrogen-bond donors (Lipinski definition) is 2. The number of nitrogens with one attached hydrogen (secondary N) is 2. The molecule has 2 heterocycles. The molecule has 0 bridgehead atoms. The summed E-state index contributed by atoms with van der Waals surface area (Å²) >= 11 is 0. The average Bonchev–Trinajstić information content (AvgIpc) is 3.01. The molecule has 0 aliphatic heterocycles. The van der Waals surface area contributed by atoms with E-state index >= 15 is 0 Å². The Kier molecular flexibility index (Phi) is 4.45. The van der Waals surface area contributed by atoms with Crippen molar-refractivity contribution in [2.24, 2.45) is 22.9 Å². The topological polar surface area (TPSA) is 92.2 Å². The standard InChI is InChI=1S/C21H24N4O3/c1-11-7-12(2)16(13(3)8-11)10-22-25-20(26)19-18(24-21(25)27)15-6-5-14(28-4)9-17(15)23-19/h5-7,9-10,12-13,16,23H,8H2,1-4H3,(H,24,27)/b22-10+/t12-,13-,16-/m0/s1. The minimum Gasteiger partial charge on any atom is -0.497 e. The molecule has 4 rings (SSSR count). The van der Waals surface area contributed by atoms with Crippen molar-refractivity contribution in [2.45, 2.75) is 27.2 Å². The Morgan fingerprint density at radius 1 is 1.21 bits per heavy atom. The Labute approximate surface area is 161 Å². The molecule has 0 radical (unpaired) electrons. The number of aromatic nitrogens is 3. The van der Waals surface area contributed by atoms with Crippen LogP contribution in [0.5, 0.6) is 5.75 Å². The van der Waals surface area contributed by atoms with Gasteiger partial charge in [0.25, 0.3) is 0 Å². The second kappa shape index (κ2) is 6.82. The normalized spacial score (nSPS) is 22.9. The highest BCUT2D eigenvalue weighted by molar-refractivity contribution is 6.04. The van der Waals surface area contributed by atoms with Crippen LogP contribution in [0.4, 0.5) is 0 Å². The van der Waals surface area contributed by atoms with E-state index in [1.165, 1.54) is 5.57 Å². The molecule has 7 nitrogen and oxygen atoms in total. The minimum atomic E-state index is -0.548. The van der Waals surface area contributed by atoms with Crippen LogP contribution in [-0.4, -0.2) is 28.0 Å². The first-order valence-corrected chi connectivity index (χ1v) is 9.45. The van der Waals surface area contributed by atoms with Gasteiger partial charge in [-0.25, -0.2) is 4.79 Å². The second-order valence-corrected chi connectivity index (χ2v) is 7.73. The molecule has 0 fully saturated rings. The number of aromatic amines is 2. The van der Waals surface area contributed by atoms with E-state index < -0.39 is 11.2 Å². The summed E-state index contributed by atoms with van der Waals surface area (Å²) in [7, 11) is 1.58. The number of ether oxygens (including phenoxy) is 1. The van der Waals surface area contributed by atoms with E-state index in [0.29, 0.717) is 28.6 Å². The van der Waals surface area contributed by atoms with Gasteiger partial charge in [0, 0.05) is 23.6 Å². The number of benzene rings is 1. The molecule has 7 heteroatoms. The molecular weight excluding hydrogens is 356 g/mol. The Morgan fingerprint density at radius 2 is 2.00 bits per heavy atom. The largest absolute Gasteiger partial charge is 0.497 e. The van der Waals surface area contributed by atoms with E-state index in [1.54, 1.807) is 25.5 Å². The summed E-state index contributed by atoms with van der Waals surface area (Å²) in [6.45, 7) is 6.44. The van der Waals surface area contributed by atoms with Crippen molar-refractivity contribution >= 4 is 28.2 Å². The van der Waals surface area contributed by atoms with Crippen molar-refractivity contribution < 1.29 is 4.74 Å². The van der Waals surface area contributed by atoms with Crippen molar-refractivity contribution in [1.82, 2.24) is 14.6 Å². The summed E-state index contributed by atoms with van der Waals surface area (Å²) in [4.78, 5) is 31.3. The van der Waals surface area contributed by atoms with Crippen LogP contribution in [0, 0.1) is 17.8 Å². The van der Waals surface area contributed by atoms with E-state index in [4.69, 9.17) is 4.74 Å². The van der Waals surface area contributed by atoms with Crippen LogP contribution in [0.1, 0.15) is 27.2 Å². The van der Waals surface area contributed by atoms with E-state index in [0.717, 1.165) is 22.0 Å². The molecule has 0 saturated carbocycles. The zero-order chi connectivity index (χ0) is 20.0. The van der Waals surface area contributed by atoms with Crippen LogP contribution in [0.25, 0.3) is 21.9 Å². The summed E-state index contributed by atoms with van der Waals surface area (Å²) in [5, 5.41) is 5.03. The molecule has 0 amide bonds. The summed E-state index contributed by atoms with van der Waals surface area (Å²) in [5.74, 6) is 1.57. The van der Waals surface area contributed by atoms with Gasteiger partial charge in [0.1, 0.15) is 11.3 Å². The lowest BCUT2D eigenvalue weighted by Crippen LogP contribution is -2.33. The maximum atomic E-state index is 12.9. The monoisotopic (exact) mass is 380 g/mol. The van der Waals surface area contributed by atoms with Gasteiger partial charge in [-0.1, -0.05) is 25.5 Å². The van der Waals surface area contributed by atoms with E-state index in [1.807, 2.05) is 6.07 Å². The van der Waals surface area contributed by atoms with Crippen LogP contribution >= 0.6 is 0 Å². The van der Waals surface area contributed by atoms with Gasteiger partial charge in [0.05, 0.1) is 18.1 Å². The predicted molar refractivity (Wildman–Crippen MR) is 111 cm³/mol.